The zero-order chi connectivity index (χ0) is 23.5. The Kier molecular flexibility index (Phi) is 6.72. The lowest BCUT2D eigenvalue weighted by atomic mass is 10.2. The Bertz CT molecular complexity index is 1310. The largest absolute Gasteiger partial charge is 0.471 e. The molecule has 0 aliphatic heterocycles. The maximum atomic E-state index is 12.8. The van der Waals surface area contributed by atoms with Gasteiger partial charge in [-0.05, 0) is 62.2 Å². The Morgan fingerprint density at radius 3 is 2.58 bits per heavy atom. The first kappa shape index (κ1) is 22.9. The minimum absolute atomic E-state index is 0.169. The molecule has 1 amide bonds. The molecule has 0 bridgehead atoms. The number of benzene rings is 2. The molecule has 0 saturated heterocycles. The van der Waals surface area contributed by atoms with Crippen LogP contribution in [-0.4, -0.2) is 25.5 Å². The highest BCUT2D eigenvalue weighted by molar-refractivity contribution is 6.31. The van der Waals surface area contributed by atoms with Crippen molar-refractivity contribution in [3.05, 3.63) is 93.0 Å². The topological polar surface area (TPSA) is 74.0 Å². The fourth-order valence-corrected chi connectivity index (χ4v) is 3.71. The summed E-state index contributed by atoms with van der Waals surface area (Å²) >= 11 is 12.3. The van der Waals surface area contributed by atoms with E-state index >= 15 is 0 Å². The van der Waals surface area contributed by atoms with Crippen molar-refractivity contribution in [3.63, 3.8) is 0 Å². The Morgan fingerprint density at radius 2 is 1.82 bits per heavy atom. The molecule has 0 unspecified atom stereocenters. The van der Waals surface area contributed by atoms with Gasteiger partial charge in [0.25, 0.3) is 5.91 Å². The van der Waals surface area contributed by atoms with E-state index in [1.165, 1.54) is 0 Å². The normalized spacial score (nSPS) is 10.9. The van der Waals surface area contributed by atoms with Crippen molar-refractivity contribution < 1.29 is 9.53 Å². The van der Waals surface area contributed by atoms with Crippen molar-refractivity contribution in [2.24, 2.45) is 0 Å². The summed E-state index contributed by atoms with van der Waals surface area (Å²) in [5.41, 5.74) is 4.38. The molecule has 170 valence electrons. The number of amides is 1. The number of nitrogens with zero attached hydrogens (tertiary/aromatic N) is 4. The van der Waals surface area contributed by atoms with Crippen LogP contribution in [0, 0.1) is 20.8 Å². The molecule has 0 spiro atoms. The first-order valence-corrected chi connectivity index (χ1v) is 11.1. The fourth-order valence-electron chi connectivity index (χ4n) is 3.40. The van der Waals surface area contributed by atoms with Crippen LogP contribution < -0.4 is 10.1 Å². The number of nitrogens with one attached hydrogen (secondary N) is 1. The van der Waals surface area contributed by atoms with Crippen molar-refractivity contribution in [2.75, 3.05) is 5.32 Å². The van der Waals surface area contributed by atoms with Crippen LogP contribution in [0.25, 0.3) is 0 Å². The summed E-state index contributed by atoms with van der Waals surface area (Å²) in [6.07, 6.45) is 1.69. The number of anilines is 1. The van der Waals surface area contributed by atoms with E-state index in [2.05, 4.69) is 15.5 Å². The summed E-state index contributed by atoms with van der Waals surface area (Å²) < 4.78 is 9.11. The predicted octanol–water partition coefficient (Wildman–Crippen LogP) is 5.65. The van der Waals surface area contributed by atoms with Gasteiger partial charge in [0.15, 0.2) is 12.4 Å². The van der Waals surface area contributed by atoms with Crippen LogP contribution in [0.4, 0.5) is 5.69 Å². The first-order valence-electron chi connectivity index (χ1n) is 10.3. The molecule has 0 saturated carbocycles. The molecule has 2 aromatic heterocycles. The van der Waals surface area contributed by atoms with Crippen LogP contribution in [0.5, 0.6) is 5.75 Å². The van der Waals surface area contributed by atoms with Gasteiger partial charge in [-0.2, -0.15) is 10.2 Å². The van der Waals surface area contributed by atoms with Gasteiger partial charge >= 0.3 is 0 Å². The van der Waals surface area contributed by atoms with Gasteiger partial charge in [-0.1, -0.05) is 41.4 Å². The summed E-state index contributed by atoms with van der Waals surface area (Å²) in [5.74, 6) is 0.357. The van der Waals surface area contributed by atoms with Crippen LogP contribution in [0.1, 0.15) is 33.0 Å². The molecule has 0 fully saturated rings. The molecule has 9 heteroatoms. The number of carbonyl (C=O) groups is 1. The van der Waals surface area contributed by atoms with E-state index < -0.39 is 0 Å². The number of rotatable bonds is 7. The number of aromatic nitrogens is 4. The zero-order valence-corrected chi connectivity index (χ0v) is 20.0. The van der Waals surface area contributed by atoms with Gasteiger partial charge in [-0.3, -0.25) is 9.48 Å². The highest BCUT2D eigenvalue weighted by Crippen LogP contribution is 2.24. The Balaban J connectivity index is 1.42. The smallest absolute Gasteiger partial charge is 0.276 e. The van der Waals surface area contributed by atoms with Gasteiger partial charge in [0.1, 0.15) is 5.75 Å². The second-order valence-corrected chi connectivity index (χ2v) is 8.49. The highest BCUT2D eigenvalue weighted by atomic mass is 35.5. The lowest BCUT2D eigenvalue weighted by Crippen LogP contribution is -2.15. The van der Waals surface area contributed by atoms with Crippen LogP contribution in [0.15, 0.2) is 54.7 Å². The fraction of sp³-hybridized carbons (Fsp3) is 0.208. The molecule has 4 aromatic rings. The number of hydrogen-bond acceptors (Lipinski definition) is 4. The lowest BCUT2D eigenvalue weighted by Gasteiger charge is -2.08. The predicted molar refractivity (Wildman–Crippen MR) is 129 cm³/mol. The second-order valence-electron chi connectivity index (χ2n) is 7.67. The summed E-state index contributed by atoms with van der Waals surface area (Å²) in [7, 11) is 0. The second kappa shape index (κ2) is 9.68. The minimum atomic E-state index is -0.320. The molecule has 0 atom stereocenters. The van der Waals surface area contributed by atoms with Gasteiger partial charge in [0.05, 0.1) is 23.6 Å². The van der Waals surface area contributed by atoms with Gasteiger partial charge in [0.2, 0.25) is 0 Å². The average molecular weight is 484 g/mol. The summed E-state index contributed by atoms with van der Waals surface area (Å²) in [4.78, 5) is 12.8. The van der Waals surface area contributed by atoms with Crippen LogP contribution in [-0.2, 0) is 13.3 Å². The van der Waals surface area contributed by atoms with Crippen molar-refractivity contribution in [1.82, 2.24) is 19.6 Å². The van der Waals surface area contributed by atoms with E-state index in [4.69, 9.17) is 27.9 Å². The zero-order valence-electron chi connectivity index (χ0n) is 18.5. The van der Waals surface area contributed by atoms with E-state index in [1.807, 2.05) is 55.8 Å². The van der Waals surface area contributed by atoms with Crippen molar-refractivity contribution in [2.45, 2.75) is 34.0 Å². The van der Waals surface area contributed by atoms with Crippen LogP contribution >= 0.6 is 23.2 Å². The Hall–Kier alpha value is -3.29. The minimum Gasteiger partial charge on any atom is -0.471 e. The van der Waals surface area contributed by atoms with E-state index in [0.717, 1.165) is 16.8 Å². The maximum absolute atomic E-state index is 12.8. The number of hydrogen-bond donors (Lipinski definition) is 1. The lowest BCUT2D eigenvalue weighted by molar-refractivity contribution is 0.102. The van der Waals surface area contributed by atoms with Gasteiger partial charge in [-0.25, -0.2) is 4.68 Å². The van der Waals surface area contributed by atoms with Crippen molar-refractivity contribution >= 4 is 34.8 Å². The highest BCUT2D eigenvalue weighted by Gasteiger charge is 2.17. The Labute approximate surface area is 201 Å². The van der Waals surface area contributed by atoms with E-state index in [0.29, 0.717) is 33.7 Å². The quantitative estimate of drug-likeness (QED) is 0.368. The third kappa shape index (κ3) is 5.21. The molecule has 0 aliphatic rings. The molecule has 0 radical (unpaired) electrons. The number of carbonyl (C=O) groups excluding carboxylic acids is 1. The maximum Gasteiger partial charge on any atom is 0.276 e. The van der Waals surface area contributed by atoms with Crippen LogP contribution in [0.3, 0.4) is 0 Å². The number of ether oxygens (including phenoxy) is 1. The van der Waals surface area contributed by atoms with E-state index in [9.17, 15) is 4.79 Å². The van der Waals surface area contributed by atoms with Crippen molar-refractivity contribution in [1.29, 1.82) is 0 Å². The standard InChI is InChI=1S/C24H23Cl2N5O2/c1-15-12-19(8-9-20(15)25)33-14-30-11-10-22(29-30)24(32)27-23-16(2)28-31(17(23)3)13-18-6-4-5-7-21(18)26/h4-12H,13-14H2,1-3H3,(H,27,32). The van der Waals surface area contributed by atoms with Crippen LogP contribution in [0.2, 0.25) is 10.0 Å². The molecule has 4 rings (SSSR count). The molecule has 2 aromatic carbocycles. The molecule has 7 nitrogen and oxygen atoms in total. The third-order valence-corrected chi connectivity index (χ3v) is 6.06. The van der Waals surface area contributed by atoms with Gasteiger partial charge in [0, 0.05) is 16.2 Å². The summed E-state index contributed by atoms with van der Waals surface area (Å²) in [6.45, 7) is 6.35. The molecular weight excluding hydrogens is 461 g/mol. The number of halogens is 2. The molecule has 2 heterocycles. The third-order valence-electron chi connectivity index (χ3n) is 5.26. The monoisotopic (exact) mass is 483 g/mol. The van der Waals surface area contributed by atoms with Gasteiger partial charge < -0.3 is 10.1 Å². The van der Waals surface area contributed by atoms with E-state index in [1.54, 1.807) is 29.1 Å². The molecular formula is C24H23Cl2N5O2. The van der Waals surface area contributed by atoms with Gasteiger partial charge in [-0.15, -0.1) is 0 Å². The average Bonchev–Trinajstić information content (AvgIpc) is 3.37. The number of aryl methyl sites for hydroxylation is 2. The summed E-state index contributed by atoms with van der Waals surface area (Å²) in [5, 5.41) is 13.2. The van der Waals surface area contributed by atoms with Crippen molar-refractivity contribution in [3.8, 4) is 5.75 Å². The SMILES string of the molecule is Cc1cc(OCn2ccc(C(=O)Nc3c(C)nn(Cc4ccccc4Cl)c3C)n2)ccc1Cl. The first-order chi connectivity index (χ1) is 15.8. The Morgan fingerprint density at radius 1 is 1.03 bits per heavy atom. The summed E-state index contributed by atoms with van der Waals surface area (Å²) in [6, 6.07) is 14.7. The molecule has 0 aliphatic carbocycles. The molecule has 33 heavy (non-hydrogen) atoms. The molecule has 1 N–H and O–H groups in total. The van der Waals surface area contributed by atoms with E-state index in [-0.39, 0.29) is 18.3 Å².